The van der Waals surface area contributed by atoms with Gasteiger partial charge in [-0.25, -0.2) is 9.18 Å². The van der Waals surface area contributed by atoms with Gasteiger partial charge in [0.25, 0.3) is 0 Å². The van der Waals surface area contributed by atoms with Gasteiger partial charge in [-0.05, 0) is 43.4 Å². The summed E-state index contributed by atoms with van der Waals surface area (Å²) in [6.07, 6.45) is -1.99. The molecule has 1 aliphatic heterocycles. The summed E-state index contributed by atoms with van der Waals surface area (Å²) in [7, 11) is 3.63. The maximum absolute atomic E-state index is 15.0. The third kappa shape index (κ3) is 7.23. The fourth-order valence-corrected chi connectivity index (χ4v) is 3.94. The van der Waals surface area contributed by atoms with Crippen LogP contribution in [0.2, 0.25) is 0 Å². The first kappa shape index (κ1) is 27.1. The molecule has 3 rings (SSSR count). The Morgan fingerprint density at radius 3 is 2.53 bits per heavy atom. The highest BCUT2D eigenvalue weighted by Crippen LogP contribution is 2.29. The minimum Gasteiger partial charge on any atom is -0.442 e. The van der Waals surface area contributed by atoms with Gasteiger partial charge in [-0.15, -0.1) is 0 Å². The summed E-state index contributed by atoms with van der Waals surface area (Å²) in [5.41, 5.74) is 7.50. The summed E-state index contributed by atoms with van der Waals surface area (Å²) in [6, 6.07) is 11.6. The largest absolute Gasteiger partial charge is 0.442 e. The molecule has 2 atom stereocenters. The van der Waals surface area contributed by atoms with Crippen LogP contribution in [-0.2, 0) is 20.9 Å². The molecule has 1 saturated heterocycles. The van der Waals surface area contributed by atoms with E-state index in [4.69, 9.17) is 10.5 Å². The molecule has 0 spiro atoms. The number of amides is 3. The number of hydrogen-bond acceptors (Lipinski definition) is 7. The Morgan fingerprint density at radius 2 is 1.94 bits per heavy atom. The Labute approximate surface area is 209 Å². The SMILES string of the molecule is CC(=O)NC[C@H]1CN(c2ccc(-c3ccc(CN(CC(N)=O)C(O)CN(C)C)cc3)c(F)c2)C(=O)O1. The average Bonchev–Trinajstić information content (AvgIpc) is 3.17. The van der Waals surface area contributed by atoms with E-state index in [0.717, 1.165) is 5.56 Å². The highest BCUT2D eigenvalue weighted by molar-refractivity contribution is 5.90. The highest BCUT2D eigenvalue weighted by Gasteiger charge is 2.32. The van der Waals surface area contributed by atoms with Crippen LogP contribution in [-0.4, -0.2) is 85.4 Å². The van der Waals surface area contributed by atoms with Gasteiger partial charge in [0.2, 0.25) is 11.8 Å². The second-order valence-corrected chi connectivity index (χ2v) is 9.03. The van der Waals surface area contributed by atoms with E-state index >= 15 is 4.39 Å². The number of aliphatic hydroxyl groups excluding tert-OH is 1. The van der Waals surface area contributed by atoms with E-state index in [-0.39, 0.29) is 32.1 Å². The molecule has 2 aromatic carbocycles. The van der Waals surface area contributed by atoms with Crippen LogP contribution in [0, 0.1) is 5.82 Å². The molecule has 0 aliphatic carbocycles. The fourth-order valence-electron chi connectivity index (χ4n) is 3.94. The average molecular weight is 502 g/mol. The number of nitrogens with zero attached hydrogens (tertiary/aromatic N) is 3. The number of halogens is 1. The van der Waals surface area contributed by atoms with Gasteiger partial charge in [-0.2, -0.15) is 0 Å². The van der Waals surface area contributed by atoms with E-state index in [1.165, 1.54) is 17.9 Å². The van der Waals surface area contributed by atoms with Crippen molar-refractivity contribution in [2.75, 3.05) is 45.2 Å². The molecule has 4 N–H and O–H groups in total. The molecule has 2 aromatic rings. The number of aliphatic hydroxyl groups is 1. The minimum absolute atomic E-state index is 0.0997. The Kier molecular flexibility index (Phi) is 8.97. The van der Waals surface area contributed by atoms with E-state index in [9.17, 15) is 19.5 Å². The smallest absolute Gasteiger partial charge is 0.414 e. The van der Waals surface area contributed by atoms with Crippen molar-refractivity contribution in [1.82, 2.24) is 15.1 Å². The number of carbonyl (C=O) groups excluding carboxylic acids is 3. The number of rotatable bonds is 11. The molecular weight excluding hydrogens is 469 g/mol. The summed E-state index contributed by atoms with van der Waals surface area (Å²) in [6.45, 7) is 2.29. The zero-order valence-electron chi connectivity index (χ0n) is 20.6. The lowest BCUT2D eigenvalue weighted by Gasteiger charge is -2.28. The van der Waals surface area contributed by atoms with E-state index in [1.54, 1.807) is 46.2 Å². The quantitative estimate of drug-likeness (QED) is 0.394. The molecule has 36 heavy (non-hydrogen) atoms. The van der Waals surface area contributed by atoms with Crippen molar-refractivity contribution in [3.63, 3.8) is 0 Å². The number of carbonyl (C=O) groups is 3. The van der Waals surface area contributed by atoms with Crippen LogP contribution in [0.25, 0.3) is 11.1 Å². The molecular formula is C25H32FN5O5. The molecule has 1 fully saturated rings. The number of ether oxygens (including phenoxy) is 1. The first-order valence-electron chi connectivity index (χ1n) is 11.5. The summed E-state index contributed by atoms with van der Waals surface area (Å²) in [4.78, 5) is 39.5. The third-order valence-electron chi connectivity index (χ3n) is 5.68. The third-order valence-corrected chi connectivity index (χ3v) is 5.68. The fraction of sp³-hybridized carbons (Fsp3) is 0.400. The number of likely N-dealkylation sites (N-methyl/N-ethyl adjacent to an activating group) is 1. The predicted molar refractivity (Wildman–Crippen MR) is 132 cm³/mol. The van der Waals surface area contributed by atoms with Crippen molar-refractivity contribution in [1.29, 1.82) is 0 Å². The van der Waals surface area contributed by atoms with Crippen LogP contribution >= 0.6 is 0 Å². The lowest BCUT2D eigenvalue weighted by atomic mass is 10.0. The Balaban J connectivity index is 1.70. The van der Waals surface area contributed by atoms with E-state index < -0.39 is 30.1 Å². The number of benzene rings is 2. The maximum atomic E-state index is 15.0. The van der Waals surface area contributed by atoms with Gasteiger partial charge in [-0.3, -0.25) is 19.4 Å². The number of cyclic esters (lactones) is 1. The van der Waals surface area contributed by atoms with E-state index in [1.807, 2.05) is 14.1 Å². The molecule has 1 aliphatic rings. The lowest BCUT2D eigenvalue weighted by molar-refractivity contribution is -0.123. The van der Waals surface area contributed by atoms with Gasteiger partial charge in [0, 0.05) is 25.6 Å². The van der Waals surface area contributed by atoms with E-state index in [0.29, 0.717) is 23.4 Å². The Bertz CT molecular complexity index is 1090. The maximum Gasteiger partial charge on any atom is 0.414 e. The number of nitrogens with one attached hydrogen (secondary N) is 1. The number of nitrogens with two attached hydrogens (primary N) is 1. The number of anilines is 1. The van der Waals surface area contributed by atoms with Crippen molar-refractivity contribution in [3.05, 3.63) is 53.8 Å². The molecule has 10 nitrogen and oxygen atoms in total. The summed E-state index contributed by atoms with van der Waals surface area (Å²) in [5, 5.41) is 13.0. The van der Waals surface area contributed by atoms with Crippen molar-refractivity contribution in [2.24, 2.45) is 5.73 Å². The van der Waals surface area contributed by atoms with Gasteiger partial charge in [0.05, 0.1) is 25.3 Å². The zero-order valence-corrected chi connectivity index (χ0v) is 20.6. The molecule has 1 unspecified atom stereocenters. The molecule has 11 heteroatoms. The first-order chi connectivity index (χ1) is 17.0. The van der Waals surface area contributed by atoms with Gasteiger partial charge in [0.1, 0.15) is 18.1 Å². The van der Waals surface area contributed by atoms with Crippen LogP contribution in [0.1, 0.15) is 12.5 Å². The van der Waals surface area contributed by atoms with Crippen molar-refractivity contribution in [3.8, 4) is 11.1 Å². The highest BCUT2D eigenvalue weighted by atomic mass is 19.1. The van der Waals surface area contributed by atoms with Crippen molar-refractivity contribution < 1.29 is 28.6 Å². The molecule has 194 valence electrons. The number of primary amides is 1. The van der Waals surface area contributed by atoms with Crippen LogP contribution in [0.3, 0.4) is 0 Å². The van der Waals surface area contributed by atoms with Crippen LogP contribution < -0.4 is 16.0 Å². The van der Waals surface area contributed by atoms with Crippen LogP contribution in [0.5, 0.6) is 0 Å². The molecule has 0 saturated carbocycles. The predicted octanol–water partition coefficient (Wildman–Crippen LogP) is 1.12. The Morgan fingerprint density at radius 1 is 1.25 bits per heavy atom. The molecule has 0 aromatic heterocycles. The summed E-state index contributed by atoms with van der Waals surface area (Å²) < 4.78 is 20.3. The van der Waals surface area contributed by atoms with Gasteiger partial charge < -0.3 is 25.8 Å². The normalized spacial score (nSPS) is 16.4. The van der Waals surface area contributed by atoms with Crippen LogP contribution in [0.4, 0.5) is 14.9 Å². The zero-order chi connectivity index (χ0) is 26.4. The van der Waals surface area contributed by atoms with Gasteiger partial charge in [0.15, 0.2) is 0 Å². The van der Waals surface area contributed by atoms with Gasteiger partial charge >= 0.3 is 6.09 Å². The molecule has 1 heterocycles. The molecule has 3 amide bonds. The van der Waals surface area contributed by atoms with Crippen molar-refractivity contribution in [2.45, 2.75) is 25.8 Å². The van der Waals surface area contributed by atoms with Gasteiger partial charge in [-0.1, -0.05) is 24.3 Å². The second-order valence-electron chi connectivity index (χ2n) is 9.03. The second kappa shape index (κ2) is 11.9. The van der Waals surface area contributed by atoms with Crippen molar-refractivity contribution >= 4 is 23.6 Å². The topological polar surface area (TPSA) is 128 Å². The summed E-state index contributed by atoms with van der Waals surface area (Å²) in [5.74, 6) is -1.28. The van der Waals surface area contributed by atoms with E-state index in [2.05, 4.69) is 5.32 Å². The summed E-state index contributed by atoms with van der Waals surface area (Å²) >= 11 is 0. The monoisotopic (exact) mass is 501 g/mol. The first-order valence-corrected chi connectivity index (χ1v) is 11.5. The lowest BCUT2D eigenvalue weighted by Crippen LogP contribution is -2.45. The van der Waals surface area contributed by atoms with Crippen LogP contribution in [0.15, 0.2) is 42.5 Å². The minimum atomic E-state index is -0.882. The Hall–Kier alpha value is -3.54. The molecule has 0 radical (unpaired) electrons. The molecule has 0 bridgehead atoms. The number of hydrogen-bond donors (Lipinski definition) is 3. The standard InChI is InChI=1S/C25H32FN5O5/c1-16(32)28-11-20-13-31(25(35)36-20)19-8-9-21(22(26)10-19)18-6-4-17(5-7-18)12-30(14-23(27)33)24(34)15-29(2)3/h4-10,20,24,34H,11-15H2,1-3H3,(H2,27,33)(H,28,32)/t20-,24?/m0/s1.